The molecule has 5 rings (SSSR count). The van der Waals surface area contributed by atoms with E-state index in [4.69, 9.17) is 30.0 Å². The third kappa shape index (κ3) is 5.86. The number of aryl methyl sites for hydroxylation is 1. The van der Waals surface area contributed by atoms with Crippen molar-refractivity contribution in [3.05, 3.63) is 59.5 Å². The highest BCUT2D eigenvalue weighted by molar-refractivity contribution is 7.77. The van der Waals surface area contributed by atoms with Gasteiger partial charge in [-0.25, -0.2) is 37.6 Å². The Hall–Kier alpha value is -3.65. The van der Waals surface area contributed by atoms with E-state index >= 15 is 4.39 Å². The molecule has 0 radical (unpaired) electrons. The molecule has 1 fully saturated rings. The minimum atomic E-state index is -2.27. The second kappa shape index (κ2) is 11.6. The molecule has 13 heteroatoms. The van der Waals surface area contributed by atoms with Crippen LogP contribution in [0.2, 0.25) is 0 Å². The fourth-order valence-corrected chi connectivity index (χ4v) is 4.69. The summed E-state index contributed by atoms with van der Waals surface area (Å²) in [7, 11) is 0. The van der Waals surface area contributed by atoms with Crippen LogP contribution in [0.15, 0.2) is 42.6 Å². The number of nitrogens with one attached hydrogen (secondary N) is 1. The number of ether oxygens (including phenoxy) is 1. The van der Waals surface area contributed by atoms with Crippen LogP contribution >= 0.6 is 0 Å². The highest BCUT2D eigenvalue weighted by Crippen LogP contribution is 2.33. The van der Waals surface area contributed by atoms with Crippen molar-refractivity contribution in [2.75, 3.05) is 43.5 Å². The van der Waals surface area contributed by atoms with E-state index in [-0.39, 0.29) is 24.1 Å². The Kier molecular flexibility index (Phi) is 8.02. The summed E-state index contributed by atoms with van der Waals surface area (Å²) in [5.41, 5.74) is 8.73. The average molecular weight is 556 g/mol. The molecule has 1 saturated heterocycles. The summed E-state index contributed by atoms with van der Waals surface area (Å²) >= 11 is -2.27. The number of nitrogen functional groups attached to an aromatic ring is 1. The molecular weight excluding hydrogens is 528 g/mol. The molecule has 1 aliphatic rings. The lowest BCUT2D eigenvalue weighted by Crippen LogP contribution is -2.37. The predicted molar refractivity (Wildman–Crippen MR) is 145 cm³/mol. The Bertz CT molecular complexity index is 1540. The van der Waals surface area contributed by atoms with Gasteiger partial charge >= 0.3 is 0 Å². The molecule has 3 aromatic heterocycles. The van der Waals surface area contributed by atoms with Gasteiger partial charge in [-0.2, -0.15) is 0 Å². The summed E-state index contributed by atoms with van der Waals surface area (Å²) in [6.07, 6.45) is -0.223. The first-order valence-electron chi connectivity index (χ1n) is 12.3. The van der Waals surface area contributed by atoms with E-state index in [1.807, 2.05) is 17.9 Å². The molecule has 2 atom stereocenters. The number of rotatable bonds is 8. The molecule has 4 heterocycles. The number of hydrogen-bond donors (Lipinski definition) is 3. The molecule has 4 aromatic rings. The number of benzene rings is 1. The van der Waals surface area contributed by atoms with E-state index in [0.717, 1.165) is 5.56 Å². The Morgan fingerprint density at radius 1 is 1.21 bits per heavy atom. The molecule has 1 aromatic carbocycles. The monoisotopic (exact) mass is 555 g/mol. The Morgan fingerprint density at radius 2 is 2.00 bits per heavy atom. The molecule has 0 saturated carbocycles. The van der Waals surface area contributed by atoms with Crippen LogP contribution in [0, 0.1) is 12.7 Å². The van der Waals surface area contributed by atoms with Gasteiger partial charge in [0.2, 0.25) is 11.3 Å². The minimum absolute atomic E-state index is 0.0895. The standard InChI is InChI=1S/C26H27F2N7O3S/c1-15-13-16(14-30-24(15)29)25-33-21-6-5-20(32-23(21)26(34-25)35-9-11-38-12-10-35)18-4-2-3-17(22(18)28)19(27)7-8-31-39(36)37/h2-6,13-14,19,31H,7-12H2,1H3,(H2,29,30)(H,36,37). The molecule has 0 aliphatic carbocycles. The van der Waals surface area contributed by atoms with E-state index in [9.17, 15) is 8.60 Å². The smallest absolute Gasteiger partial charge is 0.231 e. The number of anilines is 2. The van der Waals surface area contributed by atoms with Crippen LogP contribution < -0.4 is 15.4 Å². The van der Waals surface area contributed by atoms with Gasteiger partial charge in [0.25, 0.3) is 0 Å². The fourth-order valence-electron chi connectivity index (χ4n) is 4.40. The first-order chi connectivity index (χ1) is 18.8. The van der Waals surface area contributed by atoms with E-state index in [0.29, 0.717) is 66.1 Å². The second-order valence-electron chi connectivity index (χ2n) is 9.07. The maximum Gasteiger partial charge on any atom is 0.231 e. The van der Waals surface area contributed by atoms with Gasteiger partial charge in [-0.15, -0.1) is 0 Å². The van der Waals surface area contributed by atoms with Gasteiger partial charge in [-0.05, 0) is 43.2 Å². The molecular formula is C26H27F2N7O3S. The van der Waals surface area contributed by atoms with Gasteiger partial charge in [0, 0.05) is 42.5 Å². The number of pyridine rings is 2. The molecule has 1 aliphatic heterocycles. The van der Waals surface area contributed by atoms with Crippen LogP contribution in [0.3, 0.4) is 0 Å². The van der Waals surface area contributed by atoms with Gasteiger partial charge in [-0.3, -0.25) is 4.55 Å². The number of nitrogens with zero attached hydrogens (tertiary/aromatic N) is 5. The highest BCUT2D eigenvalue weighted by Gasteiger charge is 2.22. The molecule has 2 unspecified atom stereocenters. The number of fused-ring (bicyclic) bond motifs is 1. The van der Waals surface area contributed by atoms with Gasteiger partial charge in [0.1, 0.15) is 23.3 Å². The molecule has 10 nitrogen and oxygen atoms in total. The summed E-state index contributed by atoms with van der Waals surface area (Å²) in [5.74, 6) is 0.729. The largest absolute Gasteiger partial charge is 0.383 e. The zero-order valence-electron chi connectivity index (χ0n) is 21.1. The average Bonchev–Trinajstić information content (AvgIpc) is 2.94. The van der Waals surface area contributed by atoms with Crippen LogP contribution in [0.4, 0.5) is 20.4 Å². The number of halogens is 2. The van der Waals surface area contributed by atoms with Crippen LogP contribution in [0.25, 0.3) is 33.7 Å². The van der Waals surface area contributed by atoms with Crippen LogP contribution in [0.1, 0.15) is 23.7 Å². The number of hydrogen-bond acceptors (Lipinski definition) is 8. The van der Waals surface area contributed by atoms with Gasteiger partial charge in [0.15, 0.2) is 11.6 Å². The van der Waals surface area contributed by atoms with Gasteiger partial charge in [0.05, 0.1) is 24.4 Å². The third-order valence-electron chi connectivity index (χ3n) is 6.48. The van der Waals surface area contributed by atoms with E-state index in [1.165, 1.54) is 12.1 Å². The maximum atomic E-state index is 15.5. The zero-order chi connectivity index (χ0) is 27.5. The van der Waals surface area contributed by atoms with Crippen molar-refractivity contribution in [3.8, 4) is 22.6 Å². The summed E-state index contributed by atoms with van der Waals surface area (Å²) in [6.45, 7) is 4.01. The van der Waals surface area contributed by atoms with E-state index < -0.39 is 23.3 Å². The number of aromatic nitrogens is 4. The Labute approximate surface area is 226 Å². The van der Waals surface area contributed by atoms with Crippen molar-refractivity contribution < 1.29 is 22.3 Å². The Balaban J connectivity index is 1.57. The van der Waals surface area contributed by atoms with Crippen LogP contribution in [-0.2, 0) is 16.0 Å². The molecule has 204 valence electrons. The Morgan fingerprint density at radius 3 is 2.74 bits per heavy atom. The predicted octanol–water partition coefficient (Wildman–Crippen LogP) is 3.75. The van der Waals surface area contributed by atoms with Crippen LogP contribution in [0.5, 0.6) is 0 Å². The zero-order valence-corrected chi connectivity index (χ0v) is 21.9. The fraction of sp³-hybridized carbons (Fsp3) is 0.308. The first-order valence-corrected chi connectivity index (χ1v) is 13.4. The second-order valence-corrected chi connectivity index (χ2v) is 9.86. The minimum Gasteiger partial charge on any atom is -0.383 e. The SMILES string of the molecule is Cc1cc(-c2nc(N3CCOCC3)c3nc(-c4cccc(C(F)CCNS(=O)O)c4F)ccc3n2)cnc1N. The molecule has 0 bridgehead atoms. The summed E-state index contributed by atoms with van der Waals surface area (Å²) in [5, 5.41) is 0. The lowest BCUT2D eigenvalue weighted by atomic mass is 10.0. The van der Waals surface area contributed by atoms with Crippen molar-refractivity contribution in [1.82, 2.24) is 24.7 Å². The van der Waals surface area contributed by atoms with E-state index in [2.05, 4.69) is 9.71 Å². The number of nitrogens with two attached hydrogens (primary N) is 1. The number of alkyl halides is 1. The molecule has 4 N–H and O–H groups in total. The highest BCUT2D eigenvalue weighted by atomic mass is 32.2. The lowest BCUT2D eigenvalue weighted by Gasteiger charge is -2.28. The lowest BCUT2D eigenvalue weighted by molar-refractivity contribution is 0.122. The summed E-state index contributed by atoms with van der Waals surface area (Å²) in [4.78, 5) is 20.6. The quantitative estimate of drug-likeness (QED) is 0.277. The molecule has 39 heavy (non-hydrogen) atoms. The van der Waals surface area contributed by atoms with Crippen molar-refractivity contribution >= 4 is 33.9 Å². The normalized spacial score (nSPS) is 15.4. The third-order valence-corrected chi connectivity index (χ3v) is 6.93. The number of morpholine rings is 1. The maximum absolute atomic E-state index is 15.5. The topological polar surface area (TPSA) is 139 Å². The van der Waals surface area contributed by atoms with E-state index in [1.54, 1.807) is 24.4 Å². The van der Waals surface area contributed by atoms with Crippen molar-refractivity contribution in [2.45, 2.75) is 19.5 Å². The summed E-state index contributed by atoms with van der Waals surface area (Å²) in [6, 6.07) is 9.70. The van der Waals surface area contributed by atoms with Crippen molar-refractivity contribution in [3.63, 3.8) is 0 Å². The van der Waals surface area contributed by atoms with Gasteiger partial charge < -0.3 is 15.4 Å². The summed E-state index contributed by atoms with van der Waals surface area (Å²) < 4.78 is 57.7. The molecule has 0 spiro atoms. The molecule has 0 amide bonds. The van der Waals surface area contributed by atoms with Gasteiger partial charge in [-0.1, -0.05) is 12.1 Å². The first kappa shape index (κ1) is 26.9. The van der Waals surface area contributed by atoms with Crippen molar-refractivity contribution in [1.29, 1.82) is 0 Å². The van der Waals surface area contributed by atoms with Crippen molar-refractivity contribution in [2.24, 2.45) is 0 Å². The van der Waals surface area contributed by atoms with Crippen LogP contribution in [-0.4, -0.2) is 61.5 Å².